The highest BCUT2D eigenvalue weighted by atomic mass is 16.1. The molecule has 1 N–H and O–H groups in total. The molecular formula is C22H23N3O. The summed E-state index contributed by atoms with van der Waals surface area (Å²) in [5.41, 5.74) is 3.72. The molecule has 3 aromatic rings. The van der Waals surface area contributed by atoms with Gasteiger partial charge >= 0.3 is 0 Å². The lowest BCUT2D eigenvalue weighted by Gasteiger charge is -2.14. The molecule has 0 saturated heterocycles. The van der Waals surface area contributed by atoms with E-state index in [0.717, 1.165) is 28.9 Å². The summed E-state index contributed by atoms with van der Waals surface area (Å²) in [4.78, 5) is 21.6. The third kappa shape index (κ3) is 4.33. The van der Waals surface area contributed by atoms with E-state index in [0.29, 0.717) is 12.2 Å². The maximum Gasteiger partial charge on any atom is 0.228 e. The number of nitrogens with one attached hydrogen (secondary N) is 1. The van der Waals surface area contributed by atoms with Gasteiger partial charge in [-0.05, 0) is 12.0 Å². The van der Waals surface area contributed by atoms with Crippen molar-refractivity contribution in [3.8, 4) is 11.3 Å². The van der Waals surface area contributed by atoms with Crippen molar-refractivity contribution in [1.29, 1.82) is 0 Å². The summed E-state index contributed by atoms with van der Waals surface area (Å²) < 4.78 is 0. The van der Waals surface area contributed by atoms with E-state index in [4.69, 9.17) is 4.98 Å². The predicted molar refractivity (Wildman–Crippen MR) is 105 cm³/mol. The van der Waals surface area contributed by atoms with Crippen molar-refractivity contribution in [3.05, 3.63) is 78.1 Å². The third-order valence-corrected chi connectivity index (χ3v) is 4.43. The SMILES string of the molecule is CCC(C)C(=O)Nc1ncc(-c2ccccc2)nc1Cc1ccccc1. The van der Waals surface area contributed by atoms with Crippen molar-refractivity contribution >= 4 is 11.7 Å². The fourth-order valence-corrected chi connectivity index (χ4v) is 2.62. The lowest BCUT2D eigenvalue weighted by atomic mass is 10.1. The Balaban J connectivity index is 1.96. The van der Waals surface area contributed by atoms with Crippen molar-refractivity contribution < 1.29 is 4.79 Å². The van der Waals surface area contributed by atoms with E-state index in [-0.39, 0.29) is 11.8 Å². The number of anilines is 1. The largest absolute Gasteiger partial charge is 0.309 e. The van der Waals surface area contributed by atoms with Gasteiger partial charge in [-0.25, -0.2) is 9.97 Å². The fourth-order valence-electron chi connectivity index (χ4n) is 2.62. The van der Waals surface area contributed by atoms with Crippen LogP contribution in [0.25, 0.3) is 11.3 Å². The number of aromatic nitrogens is 2. The van der Waals surface area contributed by atoms with Gasteiger partial charge in [-0.1, -0.05) is 74.5 Å². The molecular weight excluding hydrogens is 322 g/mol. The van der Waals surface area contributed by atoms with Crippen molar-refractivity contribution in [2.75, 3.05) is 5.32 Å². The Bertz CT molecular complexity index is 863. The van der Waals surface area contributed by atoms with E-state index in [2.05, 4.69) is 22.4 Å². The summed E-state index contributed by atoms with van der Waals surface area (Å²) in [5, 5.41) is 2.95. The van der Waals surface area contributed by atoms with Gasteiger partial charge in [0.15, 0.2) is 5.82 Å². The van der Waals surface area contributed by atoms with Crippen LogP contribution in [-0.4, -0.2) is 15.9 Å². The Morgan fingerprint density at radius 3 is 2.35 bits per heavy atom. The highest BCUT2D eigenvalue weighted by Gasteiger charge is 2.16. The van der Waals surface area contributed by atoms with Crippen molar-refractivity contribution in [1.82, 2.24) is 9.97 Å². The van der Waals surface area contributed by atoms with Crippen LogP contribution in [0.5, 0.6) is 0 Å². The molecule has 2 aromatic carbocycles. The normalized spacial score (nSPS) is 11.8. The first-order valence-electron chi connectivity index (χ1n) is 8.93. The fraction of sp³-hybridized carbons (Fsp3) is 0.227. The molecule has 0 radical (unpaired) electrons. The maximum absolute atomic E-state index is 12.3. The Labute approximate surface area is 154 Å². The van der Waals surface area contributed by atoms with Gasteiger partial charge in [0.05, 0.1) is 17.6 Å². The number of benzene rings is 2. The zero-order valence-corrected chi connectivity index (χ0v) is 15.1. The van der Waals surface area contributed by atoms with Gasteiger partial charge in [-0.15, -0.1) is 0 Å². The summed E-state index contributed by atoms with van der Waals surface area (Å²) in [6.45, 7) is 3.91. The standard InChI is InChI=1S/C22H23N3O/c1-3-16(2)22(26)25-21-19(14-17-10-6-4-7-11-17)24-20(15-23-21)18-12-8-5-9-13-18/h4-13,15-16H,3,14H2,1-2H3,(H,23,25,26). The second-order valence-corrected chi connectivity index (χ2v) is 6.38. The van der Waals surface area contributed by atoms with E-state index < -0.39 is 0 Å². The third-order valence-electron chi connectivity index (χ3n) is 4.43. The highest BCUT2D eigenvalue weighted by Crippen LogP contribution is 2.22. The molecule has 0 bridgehead atoms. The van der Waals surface area contributed by atoms with Crippen LogP contribution in [0.2, 0.25) is 0 Å². The topological polar surface area (TPSA) is 54.9 Å². The summed E-state index contributed by atoms with van der Waals surface area (Å²) in [6.07, 6.45) is 3.12. The molecule has 0 fully saturated rings. The van der Waals surface area contributed by atoms with Crippen molar-refractivity contribution in [3.63, 3.8) is 0 Å². The summed E-state index contributed by atoms with van der Waals surface area (Å²) >= 11 is 0. The Kier molecular flexibility index (Phi) is 5.74. The van der Waals surface area contributed by atoms with Gasteiger partial charge in [0.25, 0.3) is 0 Å². The monoisotopic (exact) mass is 345 g/mol. The zero-order valence-electron chi connectivity index (χ0n) is 15.1. The molecule has 3 rings (SSSR count). The summed E-state index contributed by atoms with van der Waals surface area (Å²) in [5.74, 6) is 0.456. The lowest BCUT2D eigenvalue weighted by molar-refractivity contribution is -0.119. The second-order valence-electron chi connectivity index (χ2n) is 6.38. The van der Waals surface area contributed by atoms with Gasteiger partial charge in [0.2, 0.25) is 5.91 Å². The predicted octanol–water partition coefficient (Wildman–Crippen LogP) is 4.72. The molecule has 0 aliphatic carbocycles. The van der Waals surface area contributed by atoms with Crippen molar-refractivity contribution in [2.45, 2.75) is 26.7 Å². The number of nitrogens with zero attached hydrogens (tertiary/aromatic N) is 2. The molecule has 0 saturated carbocycles. The molecule has 0 aliphatic heterocycles. The first-order valence-corrected chi connectivity index (χ1v) is 8.93. The average Bonchev–Trinajstić information content (AvgIpc) is 2.70. The van der Waals surface area contributed by atoms with Crippen LogP contribution in [0.4, 0.5) is 5.82 Å². The van der Waals surface area contributed by atoms with E-state index in [1.54, 1.807) is 6.20 Å². The molecule has 1 heterocycles. The molecule has 1 atom stereocenters. The van der Waals surface area contributed by atoms with Crippen molar-refractivity contribution in [2.24, 2.45) is 5.92 Å². The quantitative estimate of drug-likeness (QED) is 0.703. The first kappa shape index (κ1) is 17.8. The Hall–Kier alpha value is -3.01. The Morgan fingerprint density at radius 2 is 1.69 bits per heavy atom. The highest BCUT2D eigenvalue weighted by molar-refractivity contribution is 5.92. The van der Waals surface area contributed by atoms with Crippen LogP contribution in [0.1, 0.15) is 31.5 Å². The molecule has 26 heavy (non-hydrogen) atoms. The van der Waals surface area contributed by atoms with Gasteiger partial charge in [0.1, 0.15) is 0 Å². The van der Waals surface area contributed by atoms with Gasteiger partial charge in [0, 0.05) is 17.9 Å². The molecule has 1 aromatic heterocycles. The van der Waals surface area contributed by atoms with Gasteiger partial charge in [-0.2, -0.15) is 0 Å². The number of amides is 1. The minimum atomic E-state index is -0.0600. The first-order chi connectivity index (χ1) is 12.7. The lowest BCUT2D eigenvalue weighted by Crippen LogP contribution is -2.21. The van der Waals surface area contributed by atoms with E-state index >= 15 is 0 Å². The number of carbonyl (C=O) groups excluding carboxylic acids is 1. The maximum atomic E-state index is 12.3. The van der Waals surface area contributed by atoms with Gasteiger partial charge in [-0.3, -0.25) is 4.79 Å². The van der Waals surface area contributed by atoms with Crippen LogP contribution in [0.3, 0.4) is 0 Å². The number of hydrogen-bond acceptors (Lipinski definition) is 3. The minimum Gasteiger partial charge on any atom is -0.309 e. The summed E-state index contributed by atoms with van der Waals surface area (Å²) in [7, 11) is 0. The molecule has 132 valence electrons. The molecule has 1 unspecified atom stereocenters. The number of hydrogen-bond donors (Lipinski definition) is 1. The van der Waals surface area contributed by atoms with Crippen LogP contribution in [0.15, 0.2) is 66.9 Å². The smallest absolute Gasteiger partial charge is 0.228 e. The zero-order chi connectivity index (χ0) is 18.4. The summed E-state index contributed by atoms with van der Waals surface area (Å²) in [6, 6.07) is 20.0. The van der Waals surface area contributed by atoms with Gasteiger partial charge < -0.3 is 5.32 Å². The number of rotatable bonds is 6. The molecule has 0 aliphatic rings. The van der Waals surface area contributed by atoms with E-state index in [9.17, 15) is 4.79 Å². The van der Waals surface area contributed by atoms with Crippen LogP contribution >= 0.6 is 0 Å². The second kappa shape index (κ2) is 8.39. The van der Waals surface area contributed by atoms with E-state index in [1.165, 1.54) is 0 Å². The minimum absolute atomic E-state index is 0.0245. The molecule has 1 amide bonds. The van der Waals surface area contributed by atoms with E-state index in [1.807, 2.05) is 62.4 Å². The van der Waals surface area contributed by atoms with Crippen LogP contribution in [-0.2, 0) is 11.2 Å². The Morgan fingerprint density at radius 1 is 1.04 bits per heavy atom. The number of carbonyl (C=O) groups is 1. The van der Waals surface area contributed by atoms with Crippen LogP contribution in [0, 0.1) is 5.92 Å². The molecule has 4 heteroatoms. The molecule has 4 nitrogen and oxygen atoms in total. The van der Waals surface area contributed by atoms with Crippen LogP contribution < -0.4 is 5.32 Å². The molecule has 0 spiro atoms. The average molecular weight is 345 g/mol.